The SMILES string of the molecule is CCSCCN1CC(C2CC2)NCC1CC. The Kier molecular flexibility index (Phi) is 4.98. The molecule has 1 aliphatic carbocycles. The Morgan fingerprint density at radius 2 is 2.12 bits per heavy atom. The lowest BCUT2D eigenvalue weighted by Crippen LogP contribution is -2.57. The number of thioether (sulfide) groups is 1. The minimum atomic E-state index is 0.785. The third-order valence-corrected chi connectivity index (χ3v) is 4.83. The number of piperazine rings is 1. The summed E-state index contributed by atoms with van der Waals surface area (Å²) in [5.41, 5.74) is 0. The average Bonchev–Trinajstić information content (AvgIpc) is 3.13. The smallest absolute Gasteiger partial charge is 0.0224 e. The summed E-state index contributed by atoms with van der Waals surface area (Å²) in [5.74, 6) is 3.57. The molecule has 0 aromatic carbocycles. The Morgan fingerprint density at radius 1 is 1.31 bits per heavy atom. The first-order valence-corrected chi connectivity index (χ1v) is 8.05. The van der Waals surface area contributed by atoms with Gasteiger partial charge in [-0.15, -0.1) is 0 Å². The molecular formula is C13H26N2S. The van der Waals surface area contributed by atoms with Crippen molar-refractivity contribution < 1.29 is 0 Å². The van der Waals surface area contributed by atoms with Gasteiger partial charge < -0.3 is 5.32 Å². The molecule has 2 fully saturated rings. The van der Waals surface area contributed by atoms with E-state index in [-0.39, 0.29) is 0 Å². The maximum atomic E-state index is 3.75. The van der Waals surface area contributed by atoms with E-state index in [1.165, 1.54) is 50.4 Å². The maximum Gasteiger partial charge on any atom is 0.0224 e. The monoisotopic (exact) mass is 242 g/mol. The van der Waals surface area contributed by atoms with Gasteiger partial charge in [0.15, 0.2) is 0 Å². The maximum absolute atomic E-state index is 3.75. The van der Waals surface area contributed by atoms with Crippen LogP contribution in [0.1, 0.15) is 33.1 Å². The van der Waals surface area contributed by atoms with Gasteiger partial charge in [-0.1, -0.05) is 13.8 Å². The van der Waals surface area contributed by atoms with Crippen LogP contribution in [0.5, 0.6) is 0 Å². The first-order valence-electron chi connectivity index (χ1n) is 6.90. The van der Waals surface area contributed by atoms with Gasteiger partial charge in [-0.2, -0.15) is 11.8 Å². The van der Waals surface area contributed by atoms with Crippen LogP contribution >= 0.6 is 11.8 Å². The molecule has 1 heterocycles. The fourth-order valence-corrected chi connectivity index (χ4v) is 3.35. The Labute approximate surface area is 105 Å². The summed E-state index contributed by atoms with van der Waals surface area (Å²) in [6, 6.07) is 1.59. The third kappa shape index (κ3) is 3.38. The molecule has 1 N–H and O–H groups in total. The topological polar surface area (TPSA) is 15.3 Å². The van der Waals surface area contributed by atoms with Gasteiger partial charge in [0, 0.05) is 37.5 Å². The van der Waals surface area contributed by atoms with E-state index in [0.29, 0.717) is 0 Å². The first kappa shape index (κ1) is 12.7. The second-order valence-electron chi connectivity index (χ2n) is 5.11. The summed E-state index contributed by atoms with van der Waals surface area (Å²) >= 11 is 2.08. The zero-order valence-corrected chi connectivity index (χ0v) is 11.6. The Hall–Kier alpha value is 0.270. The largest absolute Gasteiger partial charge is 0.311 e. The summed E-state index contributed by atoms with van der Waals surface area (Å²) in [7, 11) is 0. The van der Waals surface area contributed by atoms with Crippen LogP contribution in [0.25, 0.3) is 0 Å². The van der Waals surface area contributed by atoms with Gasteiger partial charge in [-0.25, -0.2) is 0 Å². The highest BCUT2D eigenvalue weighted by Gasteiger charge is 2.36. The van der Waals surface area contributed by atoms with Gasteiger partial charge in [-0.3, -0.25) is 4.90 Å². The molecule has 0 aromatic heterocycles. The highest BCUT2D eigenvalue weighted by atomic mass is 32.2. The number of rotatable bonds is 6. The highest BCUT2D eigenvalue weighted by molar-refractivity contribution is 7.99. The number of hydrogen-bond acceptors (Lipinski definition) is 3. The fourth-order valence-electron chi connectivity index (χ4n) is 2.70. The van der Waals surface area contributed by atoms with Crippen LogP contribution in [0.15, 0.2) is 0 Å². The number of nitrogens with zero attached hydrogens (tertiary/aromatic N) is 1. The summed E-state index contributed by atoms with van der Waals surface area (Å²) < 4.78 is 0. The second kappa shape index (κ2) is 6.27. The van der Waals surface area contributed by atoms with Gasteiger partial charge >= 0.3 is 0 Å². The molecule has 3 heteroatoms. The lowest BCUT2D eigenvalue weighted by molar-refractivity contribution is 0.127. The average molecular weight is 242 g/mol. The molecule has 2 atom stereocenters. The van der Waals surface area contributed by atoms with E-state index in [4.69, 9.17) is 0 Å². The fraction of sp³-hybridized carbons (Fsp3) is 1.00. The van der Waals surface area contributed by atoms with Crippen LogP contribution in [-0.2, 0) is 0 Å². The highest BCUT2D eigenvalue weighted by Crippen LogP contribution is 2.34. The van der Waals surface area contributed by atoms with E-state index in [2.05, 4.69) is 35.8 Å². The van der Waals surface area contributed by atoms with Crippen molar-refractivity contribution >= 4 is 11.8 Å². The lowest BCUT2D eigenvalue weighted by atomic mass is 10.0. The van der Waals surface area contributed by atoms with Gasteiger partial charge in [0.05, 0.1) is 0 Å². The Morgan fingerprint density at radius 3 is 2.75 bits per heavy atom. The van der Waals surface area contributed by atoms with Crippen molar-refractivity contribution in [3.8, 4) is 0 Å². The summed E-state index contributed by atoms with van der Waals surface area (Å²) in [4.78, 5) is 2.74. The molecule has 1 saturated carbocycles. The molecule has 0 amide bonds. The molecule has 1 aliphatic heterocycles. The van der Waals surface area contributed by atoms with E-state index in [0.717, 1.165) is 18.0 Å². The van der Waals surface area contributed by atoms with E-state index in [9.17, 15) is 0 Å². The summed E-state index contributed by atoms with van der Waals surface area (Å²) in [6.45, 7) is 8.39. The second-order valence-corrected chi connectivity index (χ2v) is 6.50. The summed E-state index contributed by atoms with van der Waals surface area (Å²) in [5, 5.41) is 3.75. The van der Waals surface area contributed by atoms with E-state index in [1.54, 1.807) is 0 Å². The minimum absolute atomic E-state index is 0.785. The quantitative estimate of drug-likeness (QED) is 0.719. The molecule has 2 rings (SSSR count). The molecule has 0 aromatic rings. The van der Waals surface area contributed by atoms with Crippen LogP contribution < -0.4 is 5.32 Å². The number of nitrogens with one attached hydrogen (secondary N) is 1. The van der Waals surface area contributed by atoms with Gasteiger partial charge in [-0.05, 0) is 30.9 Å². The van der Waals surface area contributed by atoms with E-state index >= 15 is 0 Å². The first-order chi connectivity index (χ1) is 7.85. The zero-order chi connectivity index (χ0) is 11.4. The van der Waals surface area contributed by atoms with E-state index < -0.39 is 0 Å². The molecule has 2 nitrogen and oxygen atoms in total. The molecule has 0 radical (unpaired) electrons. The van der Waals surface area contributed by atoms with Crippen LogP contribution in [0, 0.1) is 5.92 Å². The summed E-state index contributed by atoms with van der Waals surface area (Å²) in [6.07, 6.45) is 4.22. The molecule has 1 saturated heterocycles. The Bertz CT molecular complexity index is 206. The number of hydrogen-bond donors (Lipinski definition) is 1. The van der Waals surface area contributed by atoms with Crippen molar-refractivity contribution in [1.82, 2.24) is 10.2 Å². The normalized spacial score (nSPS) is 31.9. The molecule has 0 bridgehead atoms. The van der Waals surface area contributed by atoms with Crippen molar-refractivity contribution in [3.63, 3.8) is 0 Å². The third-order valence-electron chi connectivity index (χ3n) is 3.95. The van der Waals surface area contributed by atoms with Crippen molar-refractivity contribution in [1.29, 1.82) is 0 Å². The molecular weight excluding hydrogens is 216 g/mol. The van der Waals surface area contributed by atoms with Crippen molar-refractivity contribution in [3.05, 3.63) is 0 Å². The lowest BCUT2D eigenvalue weighted by Gasteiger charge is -2.40. The predicted octanol–water partition coefficient (Wildman–Crippen LogP) is 2.20. The van der Waals surface area contributed by atoms with Crippen LogP contribution in [0.4, 0.5) is 0 Å². The van der Waals surface area contributed by atoms with Crippen LogP contribution in [-0.4, -0.2) is 48.1 Å². The molecule has 2 aliphatic rings. The van der Waals surface area contributed by atoms with Gasteiger partial charge in [0.25, 0.3) is 0 Å². The van der Waals surface area contributed by atoms with Crippen molar-refractivity contribution in [2.45, 2.75) is 45.2 Å². The standard InChI is InChI=1S/C13H26N2S/c1-3-12-9-14-13(11-5-6-11)10-15(12)7-8-16-4-2/h11-14H,3-10H2,1-2H3. The van der Waals surface area contributed by atoms with Crippen molar-refractivity contribution in [2.75, 3.05) is 31.1 Å². The Balaban J connectivity index is 1.78. The minimum Gasteiger partial charge on any atom is -0.311 e. The molecule has 16 heavy (non-hydrogen) atoms. The van der Waals surface area contributed by atoms with Crippen LogP contribution in [0.3, 0.4) is 0 Å². The molecule has 0 spiro atoms. The molecule has 2 unspecified atom stereocenters. The molecule has 94 valence electrons. The zero-order valence-electron chi connectivity index (χ0n) is 10.7. The van der Waals surface area contributed by atoms with Crippen LogP contribution in [0.2, 0.25) is 0 Å². The van der Waals surface area contributed by atoms with E-state index in [1.807, 2.05) is 0 Å². The van der Waals surface area contributed by atoms with Gasteiger partial charge in [0.1, 0.15) is 0 Å². The predicted molar refractivity (Wildman–Crippen MR) is 73.2 cm³/mol. The van der Waals surface area contributed by atoms with Gasteiger partial charge in [0.2, 0.25) is 0 Å². The van der Waals surface area contributed by atoms with Crippen molar-refractivity contribution in [2.24, 2.45) is 5.92 Å².